The number of hydrogen-bond donors (Lipinski definition) is 2. The number of nitrogens with zero attached hydrogens (tertiary/aromatic N) is 4. The summed E-state index contributed by atoms with van der Waals surface area (Å²) < 4.78 is 1.92. The second kappa shape index (κ2) is 6.99. The Balaban J connectivity index is 1.90. The molecule has 6 nitrogen and oxygen atoms in total. The quantitative estimate of drug-likeness (QED) is 0.678. The van der Waals surface area contributed by atoms with Gasteiger partial charge in [0.1, 0.15) is 23.3 Å². The fourth-order valence-electron chi connectivity index (χ4n) is 2.72. The second-order valence-electron chi connectivity index (χ2n) is 6.04. The normalized spacial score (nSPS) is 11.0. The molecule has 2 N–H and O–H groups in total. The molecule has 0 saturated heterocycles. The predicted octanol–water partition coefficient (Wildman–Crippen LogP) is 3.90. The number of nitrogens with one attached hydrogen (secondary N) is 1. The summed E-state index contributed by atoms with van der Waals surface area (Å²) in [6.45, 7) is 4.66. The van der Waals surface area contributed by atoms with E-state index in [1.165, 1.54) is 0 Å². The maximum absolute atomic E-state index is 9.45. The number of rotatable bonds is 5. The molecule has 128 valence electrons. The summed E-state index contributed by atoms with van der Waals surface area (Å²) in [6.07, 6.45) is 2.53. The Kier molecular flexibility index (Phi) is 4.77. The van der Waals surface area contributed by atoms with Crippen LogP contribution in [0.3, 0.4) is 0 Å². The number of benzene rings is 1. The number of fused-ring (bicyclic) bond motifs is 1. The molecule has 1 aromatic carbocycles. The third-order valence-corrected chi connectivity index (χ3v) is 4.13. The SMILES string of the molecule is CC(C)n1cc(C#N)c2c(NCCc3ccc(O)cc3)nc(Cl)nc21. The Morgan fingerprint density at radius 2 is 2.00 bits per heavy atom. The largest absolute Gasteiger partial charge is 0.508 e. The number of aromatic hydroxyl groups is 1. The van der Waals surface area contributed by atoms with Gasteiger partial charge in [-0.3, -0.25) is 0 Å². The highest BCUT2D eigenvalue weighted by atomic mass is 35.5. The van der Waals surface area contributed by atoms with Crippen molar-refractivity contribution < 1.29 is 5.11 Å². The number of aromatic nitrogens is 3. The third-order valence-electron chi connectivity index (χ3n) is 3.96. The van der Waals surface area contributed by atoms with Gasteiger partial charge in [-0.1, -0.05) is 12.1 Å². The van der Waals surface area contributed by atoms with Crippen molar-refractivity contribution in [2.45, 2.75) is 26.3 Å². The van der Waals surface area contributed by atoms with E-state index in [1.54, 1.807) is 18.3 Å². The first-order valence-electron chi connectivity index (χ1n) is 7.99. The van der Waals surface area contributed by atoms with Gasteiger partial charge in [0.2, 0.25) is 5.28 Å². The molecule has 0 spiro atoms. The van der Waals surface area contributed by atoms with Crippen LogP contribution < -0.4 is 5.32 Å². The lowest BCUT2D eigenvalue weighted by Crippen LogP contribution is -2.08. The first-order valence-corrected chi connectivity index (χ1v) is 8.37. The van der Waals surface area contributed by atoms with Gasteiger partial charge in [0.15, 0.2) is 0 Å². The average molecular weight is 356 g/mol. The maximum atomic E-state index is 9.45. The monoisotopic (exact) mass is 355 g/mol. The van der Waals surface area contributed by atoms with E-state index in [0.29, 0.717) is 29.0 Å². The van der Waals surface area contributed by atoms with Crippen LogP contribution in [-0.2, 0) is 6.42 Å². The molecule has 0 fully saturated rings. The molecular weight excluding hydrogens is 338 g/mol. The van der Waals surface area contributed by atoms with E-state index < -0.39 is 0 Å². The molecule has 2 aromatic heterocycles. The first kappa shape index (κ1) is 17.1. The number of phenols is 1. The number of halogens is 1. The van der Waals surface area contributed by atoms with Crippen molar-refractivity contribution >= 4 is 28.5 Å². The van der Waals surface area contributed by atoms with Gasteiger partial charge in [0, 0.05) is 18.8 Å². The molecule has 0 amide bonds. The van der Waals surface area contributed by atoms with Crippen molar-refractivity contribution in [3.05, 3.63) is 46.9 Å². The van der Waals surface area contributed by atoms with Crippen molar-refractivity contribution in [3.8, 4) is 11.8 Å². The van der Waals surface area contributed by atoms with Gasteiger partial charge >= 0.3 is 0 Å². The zero-order chi connectivity index (χ0) is 18.0. The minimum absolute atomic E-state index is 0.143. The van der Waals surface area contributed by atoms with Crippen molar-refractivity contribution in [2.75, 3.05) is 11.9 Å². The fraction of sp³-hybridized carbons (Fsp3) is 0.278. The summed E-state index contributed by atoms with van der Waals surface area (Å²) in [4.78, 5) is 8.57. The molecule has 3 aromatic rings. The number of hydrogen-bond acceptors (Lipinski definition) is 5. The number of nitriles is 1. The van der Waals surface area contributed by atoms with E-state index in [2.05, 4.69) is 21.4 Å². The van der Waals surface area contributed by atoms with E-state index in [4.69, 9.17) is 11.6 Å². The molecule has 0 atom stereocenters. The lowest BCUT2D eigenvalue weighted by molar-refractivity contribution is 0.475. The Morgan fingerprint density at radius 1 is 1.28 bits per heavy atom. The minimum Gasteiger partial charge on any atom is -0.508 e. The number of phenolic OH excluding ortho intramolecular Hbond substituents is 1. The molecule has 25 heavy (non-hydrogen) atoms. The van der Waals surface area contributed by atoms with Crippen LogP contribution in [0.2, 0.25) is 5.28 Å². The van der Waals surface area contributed by atoms with Gasteiger partial charge in [-0.25, -0.2) is 4.98 Å². The molecule has 0 aliphatic heterocycles. The van der Waals surface area contributed by atoms with Gasteiger partial charge in [-0.2, -0.15) is 10.2 Å². The highest BCUT2D eigenvalue weighted by molar-refractivity contribution is 6.28. The Labute approximate surface area is 150 Å². The third kappa shape index (κ3) is 3.52. The van der Waals surface area contributed by atoms with Crippen molar-refractivity contribution in [2.24, 2.45) is 0 Å². The predicted molar refractivity (Wildman–Crippen MR) is 97.9 cm³/mol. The summed E-state index contributed by atoms with van der Waals surface area (Å²) in [6, 6.07) is 9.42. The van der Waals surface area contributed by atoms with E-state index in [9.17, 15) is 10.4 Å². The fourth-order valence-corrected chi connectivity index (χ4v) is 2.88. The van der Waals surface area contributed by atoms with Crippen LogP contribution in [0.5, 0.6) is 5.75 Å². The van der Waals surface area contributed by atoms with E-state index in [0.717, 1.165) is 12.0 Å². The van der Waals surface area contributed by atoms with E-state index in [-0.39, 0.29) is 17.1 Å². The Bertz CT molecular complexity index is 941. The van der Waals surface area contributed by atoms with Crippen LogP contribution in [0.25, 0.3) is 11.0 Å². The topological polar surface area (TPSA) is 86.8 Å². The van der Waals surface area contributed by atoms with Gasteiger partial charge in [-0.15, -0.1) is 0 Å². The molecule has 0 saturated carbocycles. The van der Waals surface area contributed by atoms with Gasteiger partial charge in [-0.05, 0) is 49.6 Å². The van der Waals surface area contributed by atoms with Gasteiger partial charge in [0.05, 0.1) is 10.9 Å². The molecule has 2 heterocycles. The standard InChI is InChI=1S/C18H18ClN5O/c1-11(2)24-10-13(9-20)15-16(22-18(19)23-17(15)24)21-8-7-12-3-5-14(25)6-4-12/h3-6,10-11,25H,7-8H2,1-2H3,(H,21,22,23). The maximum Gasteiger partial charge on any atom is 0.226 e. The highest BCUT2D eigenvalue weighted by Gasteiger charge is 2.17. The van der Waals surface area contributed by atoms with Crippen LogP contribution in [0.4, 0.5) is 5.82 Å². The van der Waals surface area contributed by atoms with Crippen molar-refractivity contribution in [1.82, 2.24) is 14.5 Å². The number of anilines is 1. The Hall–Kier alpha value is -2.78. The highest BCUT2D eigenvalue weighted by Crippen LogP contribution is 2.29. The molecule has 3 rings (SSSR count). The summed E-state index contributed by atoms with van der Waals surface area (Å²) in [5, 5.41) is 22.9. The van der Waals surface area contributed by atoms with Crippen LogP contribution >= 0.6 is 11.6 Å². The van der Waals surface area contributed by atoms with E-state index >= 15 is 0 Å². The van der Waals surface area contributed by atoms with Crippen LogP contribution in [-0.4, -0.2) is 26.2 Å². The van der Waals surface area contributed by atoms with Gasteiger partial charge in [0.25, 0.3) is 0 Å². The summed E-state index contributed by atoms with van der Waals surface area (Å²) in [5.74, 6) is 0.805. The molecule has 0 bridgehead atoms. The average Bonchev–Trinajstić information content (AvgIpc) is 2.95. The van der Waals surface area contributed by atoms with Crippen LogP contribution in [0, 0.1) is 11.3 Å². The second-order valence-corrected chi connectivity index (χ2v) is 6.38. The summed E-state index contributed by atoms with van der Waals surface area (Å²) in [5.41, 5.74) is 2.26. The minimum atomic E-state index is 0.143. The molecule has 0 unspecified atom stereocenters. The summed E-state index contributed by atoms with van der Waals surface area (Å²) in [7, 11) is 0. The molecular formula is C18H18ClN5O. The van der Waals surface area contributed by atoms with Gasteiger partial charge < -0.3 is 15.0 Å². The van der Waals surface area contributed by atoms with Crippen molar-refractivity contribution in [3.63, 3.8) is 0 Å². The van der Waals surface area contributed by atoms with Crippen LogP contribution in [0.1, 0.15) is 31.0 Å². The first-order chi connectivity index (χ1) is 12.0. The zero-order valence-electron chi connectivity index (χ0n) is 14.0. The lowest BCUT2D eigenvalue weighted by Gasteiger charge is -2.10. The zero-order valence-corrected chi connectivity index (χ0v) is 14.7. The van der Waals surface area contributed by atoms with Crippen LogP contribution in [0.15, 0.2) is 30.5 Å². The molecule has 7 heteroatoms. The molecule has 0 aliphatic carbocycles. The van der Waals surface area contributed by atoms with E-state index in [1.807, 2.05) is 30.5 Å². The molecule has 0 aliphatic rings. The Morgan fingerprint density at radius 3 is 2.64 bits per heavy atom. The summed E-state index contributed by atoms with van der Waals surface area (Å²) >= 11 is 6.08. The lowest BCUT2D eigenvalue weighted by atomic mass is 10.1. The smallest absolute Gasteiger partial charge is 0.226 e. The van der Waals surface area contributed by atoms with Crippen molar-refractivity contribution in [1.29, 1.82) is 5.26 Å². The molecule has 0 radical (unpaired) electrons.